The molecule has 166 valence electrons. The number of aryl methyl sites for hydroxylation is 2. The highest BCUT2D eigenvalue weighted by Gasteiger charge is 2.31. The molecule has 0 saturated heterocycles. The minimum atomic E-state index is -0.192. The smallest absolute Gasteiger partial charge is 0.229 e. The molecule has 0 aliphatic heterocycles. The summed E-state index contributed by atoms with van der Waals surface area (Å²) in [7, 11) is 4.05. The lowest BCUT2D eigenvalue weighted by Gasteiger charge is -2.39. The number of anilines is 3. The summed E-state index contributed by atoms with van der Waals surface area (Å²) in [6, 6.07) is 8.21. The van der Waals surface area contributed by atoms with E-state index in [1.54, 1.807) is 10.9 Å². The molecule has 0 atom stereocenters. The van der Waals surface area contributed by atoms with Gasteiger partial charge in [0.2, 0.25) is 5.95 Å². The van der Waals surface area contributed by atoms with Crippen molar-refractivity contribution < 1.29 is 5.11 Å². The van der Waals surface area contributed by atoms with Crippen molar-refractivity contribution in [1.29, 1.82) is 0 Å². The molecule has 0 unspecified atom stereocenters. The lowest BCUT2D eigenvalue weighted by molar-refractivity contribution is 0.0750. The number of benzene rings is 1. The Hall–Kier alpha value is -3.10. The lowest BCUT2D eigenvalue weighted by atomic mass is 9.88. The normalized spacial score (nSPS) is 18.1. The number of aliphatic hydroxyl groups is 1. The first-order chi connectivity index (χ1) is 15.3. The molecule has 0 bridgehead atoms. The molecule has 3 heterocycles. The van der Waals surface area contributed by atoms with Crippen LogP contribution in [0, 0.1) is 13.8 Å². The van der Waals surface area contributed by atoms with E-state index in [1.807, 2.05) is 58.4 Å². The molecule has 2 N–H and O–H groups in total. The molecule has 9 heteroatoms. The topological polar surface area (TPSA) is 84.0 Å². The zero-order valence-corrected chi connectivity index (χ0v) is 19.3. The third-order valence-corrected chi connectivity index (χ3v) is 6.91. The molecule has 1 aliphatic carbocycles. The first-order valence-corrected chi connectivity index (χ1v) is 11.0. The molecule has 0 amide bonds. The molecule has 32 heavy (non-hydrogen) atoms. The standard InChI is InChI=1S/C23H26ClN7O/c1-13-20(30(4)16-10-17(32)11-16)12-31(28-13)21-7-8-25-23(27-21)26-15-5-6-19-18(9-15)22(24)14(2)29(19)3/h5-9,12,16-17,32H,10-11H2,1-4H3,(H,25,26,27). The van der Waals surface area contributed by atoms with Crippen molar-refractivity contribution in [3.63, 3.8) is 0 Å². The lowest BCUT2D eigenvalue weighted by Crippen LogP contribution is -2.45. The zero-order valence-electron chi connectivity index (χ0n) is 18.5. The van der Waals surface area contributed by atoms with Crippen LogP contribution in [-0.2, 0) is 7.05 Å². The molecular weight excluding hydrogens is 426 g/mol. The van der Waals surface area contributed by atoms with Crippen LogP contribution < -0.4 is 10.2 Å². The average Bonchev–Trinajstić information content (AvgIpc) is 3.25. The van der Waals surface area contributed by atoms with Crippen LogP contribution in [0.4, 0.5) is 17.3 Å². The number of rotatable bonds is 5. The Morgan fingerprint density at radius 2 is 2.00 bits per heavy atom. The number of halogens is 1. The van der Waals surface area contributed by atoms with Crippen LogP contribution >= 0.6 is 11.6 Å². The van der Waals surface area contributed by atoms with Crippen molar-refractivity contribution in [2.24, 2.45) is 7.05 Å². The van der Waals surface area contributed by atoms with Gasteiger partial charge in [0.1, 0.15) is 0 Å². The Balaban J connectivity index is 1.40. The Morgan fingerprint density at radius 1 is 1.22 bits per heavy atom. The summed E-state index contributed by atoms with van der Waals surface area (Å²) in [6.45, 7) is 3.99. The summed E-state index contributed by atoms with van der Waals surface area (Å²) < 4.78 is 3.85. The van der Waals surface area contributed by atoms with Gasteiger partial charge in [0.15, 0.2) is 5.82 Å². The van der Waals surface area contributed by atoms with Gasteiger partial charge in [0.05, 0.1) is 28.7 Å². The summed E-state index contributed by atoms with van der Waals surface area (Å²) in [5, 5.41) is 19.3. The molecule has 1 aliphatic rings. The fraction of sp³-hybridized carbons (Fsp3) is 0.348. The van der Waals surface area contributed by atoms with E-state index in [9.17, 15) is 5.11 Å². The maximum atomic E-state index is 9.63. The van der Waals surface area contributed by atoms with Crippen molar-refractivity contribution in [3.05, 3.63) is 53.1 Å². The van der Waals surface area contributed by atoms with Crippen molar-refractivity contribution in [1.82, 2.24) is 24.3 Å². The average molecular weight is 452 g/mol. The van der Waals surface area contributed by atoms with Crippen molar-refractivity contribution in [3.8, 4) is 5.82 Å². The minimum absolute atomic E-state index is 0.192. The zero-order chi connectivity index (χ0) is 22.6. The maximum Gasteiger partial charge on any atom is 0.229 e. The van der Waals surface area contributed by atoms with E-state index in [0.29, 0.717) is 17.8 Å². The van der Waals surface area contributed by atoms with Crippen LogP contribution in [0.2, 0.25) is 5.02 Å². The van der Waals surface area contributed by atoms with Crippen LogP contribution in [-0.4, -0.2) is 48.6 Å². The van der Waals surface area contributed by atoms with E-state index < -0.39 is 0 Å². The molecule has 1 saturated carbocycles. The second-order valence-corrected chi connectivity index (χ2v) is 8.87. The fourth-order valence-corrected chi connectivity index (χ4v) is 4.54. The number of nitrogens with one attached hydrogen (secondary N) is 1. The molecule has 4 aromatic rings. The SMILES string of the molecule is Cc1nn(-c2ccnc(Nc3ccc4c(c3)c(Cl)c(C)n4C)n2)cc1N(C)C1CC(O)C1. The van der Waals surface area contributed by atoms with Crippen molar-refractivity contribution in [2.75, 3.05) is 17.3 Å². The summed E-state index contributed by atoms with van der Waals surface area (Å²) in [5.41, 5.74) is 4.93. The molecular formula is C23H26ClN7O. The number of nitrogens with zero attached hydrogens (tertiary/aromatic N) is 6. The highest BCUT2D eigenvalue weighted by atomic mass is 35.5. The Labute approximate surface area is 191 Å². The van der Waals surface area contributed by atoms with Gasteiger partial charge in [-0.2, -0.15) is 10.1 Å². The van der Waals surface area contributed by atoms with Gasteiger partial charge in [-0.25, -0.2) is 9.67 Å². The Morgan fingerprint density at radius 3 is 2.75 bits per heavy atom. The summed E-state index contributed by atoms with van der Waals surface area (Å²) in [5.74, 6) is 1.16. The van der Waals surface area contributed by atoms with Gasteiger partial charge in [-0.05, 0) is 44.9 Å². The number of hydrogen-bond acceptors (Lipinski definition) is 6. The predicted octanol–water partition coefficient (Wildman–Crippen LogP) is 4.13. The van der Waals surface area contributed by atoms with E-state index in [0.717, 1.165) is 51.5 Å². The molecule has 0 spiro atoms. The van der Waals surface area contributed by atoms with Gasteiger partial charge >= 0.3 is 0 Å². The van der Waals surface area contributed by atoms with Gasteiger partial charge in [-0.15, -0.1) is 0 Å². The van der Waals surface area contributed by atoms with Crippen molar-refractivity contribution >= 4 is 39.8 Å². The van der Waals surface area contributed by atoms with Gasteiger partial charge < -0.3 is 19.9 Å². The largest absolute Gasteiger partial charge is 0.393 e. The first kappa shape index (κ1) is 20.8. The van der Waals surface area contributed by atoms with E-state index in [4.69, 9.17) is 11.6 Å². The van der Waals surface area contributed by atoms with Gasteiger partial charge in [-0.3, -0.25) is 0 Å². The third kappa shape index (κ3) is 3.49. The molecule has 3 aromatic heterocycles. The van der Waals surface area contributed by atoms with E-state index in [1.165, 1.54) is 0 Å². The molecule has 1 aromatic carbocycles. The second-order valence-electron chi connectivity index (χ2n) is 8.49. The van der Waals surface area contributed by atoms with Gasteiger partial charge in [0.25, 0.3) is 0 Å². The van der Waals surface area contributed by atoms with E-state index in [-0.39, 0.29) is 6.10 Å². The highest BCUT2D eigenvalue weighted by Crippen LogP contribution is 2.32. The number of hydrogen-bond donors (Lipinski definition) is 2. The van der Waals surface area contributed by atoms with E-state index >= 15 is 0 Å². The monoisotopic (exact) mass is 451 g/mol. The summed E-state index contributed by atoms with van der Waals surface area (Å²) >= 11 is 6.51. The minimum Gasteiger partial charge on any atom is -0.393 e. The Kier molecular flexibility index (Phi) is 5.06. The number of aromatic nitrogens is 5. The van der Waals surface area contributed by atoms with E-state index in [2.05, 4.69) is 29.9 Å². The summed E-state index contributed by atoms with van der Waals surface area (Å²) in [4.78, 5) is 11.2. The quantitative estimate of drug-likeness (QED) is 0.474. The van der Waals surface area contributed by atoms with Gasteiger partial charge in [-0.1, -0.05) is 11.6 Å². The van der Waals surface area contributed by atoms with Crippen LogP contribution in [0.1, 0.15) is 24.2 Å². The van der Waals surface area contributed by atoms with Crippen molar-refractivity contribution in [2.45, 2.75) is 38.8 Å². The number of fused-ring (bicyclic) bond motifs is 1. The maximum absolute atomic E-state index is 9.63. The Bertz CT molecular complexity index is 1310. The molecule has 8 nitrogen and oxygen atoms in total. The highest BCUT2D eigenvalue weighted by molar-refractivity contribution is 6.36. The van der Waals surface area contributed by atoms with Crippen LogP contribution in [0.3, 0.4) is 0 Å². The van der Waals surface area contributed by atoms with Gasteiger partial charge in [0, 0.05) is 54.7 Å². The third-order valence-electron chi connectivity index (χ3n) is 6.44. The van der Waals surface area contributed by atoms with Crippen LogP contribution in [0.15, 0.2) is 36.7 Å². The summed E-state index contributed by atoms with van der Waals surface area (Å²) in [6.07, 6.45) is 5.08. The van der Waals surface area contributed by atoms with Crippen LogP contribution in [0.5, 0.6) is 0 Å². The first-order valence-electron chi connectivity index (χ1n) is 10.6. The number of aliphatic hydroxyl groups excluding tert-OH is 1. The molecule has 0 radical (unpaired) electrons. The fourth-order valence-electron chi connectivity index (χ4n) is 4.26. The second kappa shape index (κ2) is 7.79. The molecule has 1 fully saturated rings. The molecule has 5 rings (SSSR count). The predicted molar refractivity (Wildman–Crippen MR) is 127 cm³/mol. The van der Waals surface area contributed by atoms with Crippen LogP contribution in [0.25, 0.3) is 16.7 Å².